The van der Waals surface area contributed by atoms with E-state index >= 15 is 0 Å². The van der Waals surface area contributed by atoms with Crippen molar-refractivity contribution in [1.82, 2.24) is 0 Å². The first-order chi connectivity index (χ1) is 4.34. The average Bonchev–Trinajstić information content (AvgIpc) is 1.89. The second-order valence-corrected chi connectivity index (χ2v) is 2.36. The van der Waals surface area contributed by atoms with Crippen LogP contribution in [0.4, 0.5) is 0 Å². The minimum Gasteiger partial charge on any atom is -0.450 e. The van der Waals surface area contributed by atoms with Crippen molar-refractivity contribution in [3.05, 3.63) is 23.7 Å². The summed E-state index contributed by atoms with van der Waals surface area (Å²) < 4.78 is 0. The van der Waals surface area contributed by atoms with Gasteiger partial charge in [-0.3, -0.25) is 0 Å². The summed E-state index contributed by atoms with van der Waals surface area (Å²) in [6.07, 6.45) is 7.07. The molecule has 0 amide bonds. The minimum absolute atomic E-state index is 0.486. The first-order valence-corrected chi connectivity index (χ1v) is 3.18. The van der Waals surface area contributed by atoms with E-state index in [1.165, 1.54) is 7.48 Å². The predicted octanol–water partition coefficient (Wildman–Crippen LogP) is 1.08. The molecule has 47 valence electrons. The third kappa shape index (κ3) is 1.45. The van der Waals surface area contributed by atoms with Crippen LogP contribution in [0.25, 0.3) is 0 Å². The van der Waals surface area contributed by atoms with Crippen molar-refractivity contribution in [3.8, 4) is 0 Å². The largest absolute Gasteiger partial charge is 0.450 e. The summed E-state index contributed by atoms with van der Waals surface area (Å²) >= 11 is 0. The molecule has 0 saturated carbocycles. The van der Waals surface area contributed by atoms with Gasteiger partial charge in [-0.15, -0.1) is 0 Å². The Bertz CT molecular complexity index is 149. The average molecular weight is 121 g/mol. The summed E-state index contributed by atoms with van der Waals surface area (Å²) in [4.78, 5) is 0. The first-order valence-electron chi connectivity index (χ1n) is 3.18. The molecule has 1 N–H and O–H groups in total. The molecule has 0 saturated heterocycles. The molecular weight excluding hydrogens is 111 g/mol. The van der Waals surface area contributed by atoms with Crippen LogP contribution in [0.5, 0.6) is 0 Å². The smallest absolute Gasteiger partial charge is 0.322 e. The van der Waals surface area contributed by atoms with Gasteiger partial charge in [0, 0.05) is 0 Å². The minimum atomic E-state index is 0.486. The van der Waals surface area contributed by atoms with Crippen LogP contribution in [0.15, 0.2) is 23.7 Å². The number of hydrogen-bond acceptors (Lipinski definition) is 1. The summed E-state index contributed by atoms with van der Waals surface area (Å²) in [5, 5.41) is 8.63. The predicted molar refractivity (Wildman–Crippen MR) is 39.0 cm³/mol. The SMILES string of the molecule is CC1CC=CC=C1[B]O. The Morgan fingerprint density at radius 2 is 2.56 bits per heavy atom. The zero-order chi connectivity index (χ0) is 6.69. The maximum absolute atomic E-state index is 8.63. The lowest BCUT2D eigenvalue weighted by Gasteiger charge is -2.12. The van der Waals surface area contributed by atoms with Gasteiger partial charge in [-0.05, 0) is 12.3 Å². The van der Waals surface area contributed by atoms with Gasteiger partial charge in [0.25, 0.3) is 0 Å². The molecule has 1 radical (unpaired) electrons. The normalized spacial score (nSPS) is 25.6. The molecule has 1 rings (SSSR count). The third-order valence-corrected chi connectivity index (χ3v) is 1.63. The van der Waals surface area contributed by atoms with E-state index < -0.39 is 0 Å². The van der Waals surface area contributed by atoms with E-state index in [2.05, 4.69) is 13.0 Å². The Balaban J connectivity index is 2.63. The highest BCUT2D eigenvalue weighted by Gasteiger charge is 2.08. The molecule has 0 aliphatic heterocycles. The lowest BCUT2D eigenvalue weighted by molar-refractivity contribution is 0.593. The number of allylic oxidation sites excluding steroid dienone is 4. The van der Waals surface area contributed by atoms with Crippen molar-refractivity contribution in [3.63, 3.8) is 0 Å². The van der Waals surface area contributed by atoms with Gasteiger partial charge in [0.15, 0.2) is 0 Å². The van der Waals surface area contributed by atoms with E-state index in [0.29, 0.717) is 5.92 Å². The van der Waals surface area contributed by atoms with Crippen molar-refractivity contribution >= 4 is 7.48 Å². The number of rotatable bonds is 1. The van der Waals surface area contributed by atoms with E-state index in [9.17, 15) is 0 Å². The van der Waals surface area contributed by atoms with Gasteiger partial charge >= 0.3 is 7.48 Å². The summed E-state index contributed by atoms with van der Waals surface area (Å²) in [6.45, 7) is 2.10. The molecule has 0 aromatic carbocycles. The highest BCUT2D eigenvalue weighted by molar-refractivity contribution is 6.36. The fourth-order valence-corrected chi connectivity index (χ4v) is 0.932. The van der Waals surface area contributed by atoms with Gasteiger partial charge in [-0.25, -0.2) is 0 Å². The van der Waals surface area contributed by atoms with Gasteiger partial charge in [0.1, 0.15) is 0 Å². The Labute approximate surface area is 56.4 Å². The molecule has 1 aliphatic rings. The molecule has 1 atom stereocenters. The highest BCUT2D eigenvalue weighted by atomic mass is 16.2. The molecule has 2 heteroatoms. The molecule has 1 nitrogen and oxygen atoms in total. The first kappa shape index (κ1) is 6.62. The second-order valence-electron chi connectivity index (χ2n) is 2.36. The van der Waals surface area contributed by atoms with Crippen molar-refractivity contribution in [1.29, 1.82) is 0 Å². The fraction of sp³-hybridized carbons (Fsp3) is 0.429. The Hall–Kier alpha value is -0.495. The van der Waals surface area contributed by atoms with Gasteiger partial charge in [-0.2, -0.15) is 0 Å². The van der Waals surface area contributed by atoms with E-state index in [0.717, 1.165) is 11.9 Å². The van der Waals surface area contributed by atoms with E-state index in [-0.39, 0.29) is 0 Å². The zero-order valence-corrected chi connectivity index (χ0v) is 5.54. The van der Waals surface area contributed by atoms with Gasteiger partial charge in [0.05, 0.1) is 0 Å². The molecule has 1 unspecified atom stereocenters. The lowest BCUT2D eigenvalue weighted by Crippen LogP contribution is -2.07. The van der Waals surface area contributed by atoms with Crippen LogP contribution in [-0.4, -0.2) is 12.5 Å². The van der Waals surface area contributed by atoms with Gasteiger partial charge in [0.2, 0.25) is 0 Å². The summed E-state index contributed by atoms with van der Waals surface area (Å²) in [7, 11) is 1.19. The van der Waals surface area contributed by atoms with E-state index in [1.807, 2.05) is 12.2 Å². The standard InChI is InChI=1S/C7H10BO/c1-6-4-2-3-5-7(6)8-9/h2-3,5-6,9H,4H2,1H3. The van der Waals surface area contributed by atoms with Crippen LogP contribution >= 0.6 is 0 Å². The molecule has 0 spiro atoms. The number of hydrogen-bond donors (Lipinski definition) is 1. The van der Waals surface area contributed by atoms with Crippen LogP contribution in [-0.2, 0) is 0 Å². The van der Waals surface area contributed by atoms with Crippen LogP contribution in [0.3, 0.4) is 0 Å². The fourth-order valence-electron chi connectivity index (χ4n) is 0.932. The third-order valence-electron chi connectivity index (χ3n) is 1.63. The maximum atomic E-state index is 8.63. The van der Waals surface area contributed by atoms with E-state index in [1.54, 1.807) is 0 Å². The van der Waals surface area contributed by atoms with E-state index in [4.69, 9.17) is 5.02 Å². The van der Waals surface area contributed by atoms with Crippen molar-refractivity contribution < 1.29 is 5.02 Å². The molecule has 0 aromatic rings. The van der Waals surface area contributed by atoms with Crippen LogP contribution in [0, 0.1) is 5.92 Å². The Kier molecular flexibility index (Phi) is 2.12. The second kappa shape index (κ2) is 2.88. The van der Waals surface area contributed by atoms with Gasteiger partial charge < -0.3 is 5.02 Å². The molecule has 0 aromatic heterocycles. The molecule has 0 fully saturated rings. The quantitative estimate of drug-likeness (QED) is 0.514. The highest BCUT2D eigenvalue weighted by Crippen LogP contribution is 2.17. The van der Waals surface area contributed by atoms with Crippen LogP contribution < -0.4 is 0 Å². The Morgan fingerprint density at radius 1 is 1.78 bits per heavy atom. The molecule has 9 heavy (non-hydrogen) atoms. The molecular formula is C7H10BO. The topological polar surface area (TPSA) is 20.2 Å². The van der Waals surface area contributed by atoms with Crippen molar-refractivity contribution in [2.45, 2.75) is 13.3 Å². The van der Waals surface area contributed by atoms with Crippen LogP contribution in [0.2, 0.25) is 0 Å². The monoisotopic (exact) mass is 121 g/mol. The summed E-state index contributed by atoms with van der Waals surface area (Å²) in [5.74, 6) is 0.486. The zero-order valence-electron chi connectivity index (χ0n) is 5.54. The molecule has 1 aliphatic carbocycles. The van der Waals surface area contributed by atoms with Crippen LogP contribution in [0.1, 0.15) is 13.3 Å². The van der Waals surface area contributed by atoms with Crippen molar-refractivity contribution in [2.75, 3.05) is 0 Å². The maximum Gasteiger partial charge on any atom is 0.322 e. The van der Waals surface area contributed by atoms with Gasteiger partial charge in [-0.1, -0.05) is 30.6 Å². The van der Waals surface area contributed by atoms with Crippen molar-refractivity contribution in [2.24, 2.45) is 5.92 Å². The molecule has 0 heterocycles. The lowest BCUT2D eigenvalue weighted by atomic mass is 9.75. The molecule has 0 bridgehead atoms. The summed E-state index contributed by atoms with van der Waals surface area (Å²) in [5.41, 5.74) is 1.03. The Morgan fingerprint density at radius 3 is 3.00 bits per heavy atom. The summed E-state index contributed by atoms with van der Waals surface area (Å²) in [6, 6.07) is 0.